The first-order valence-corrected chi connectivity index (χ1v) is 15.6. The number of aromatic nitrogens is 5. The van der Waals surface area contributed by atoms with Gasteiger partial charge in [0.25, 0.3) is 0 Å². The number of nitrogens with zero attached hydrogens (tertiary/aromatic N) is 5. The van der Waals surface area contributed by atoms with Gasteiger partial charge in [0.1, 0.15) is 18.3 Å². The molecule has 212 valence electrons. The van der Waals surface area contributed by atoms with Gasteiger partial charge in [-0.1, -0.05) is 52.7 Å². The molecule has 1 saturated heterocycles. The van der Waals surface area contributed by atoms with Crippen molar-refractivity contribution < 1.29 is 43.3 Å². The number of aliphatic hydroxyl groups excluding tert-OH is 2. The van der Waals surface area contributed by atoms with Crippen molar-refractivity contribution in [2.45, 2.75) is 47.2 Å². The van der Waals surface area contributed by atoms with Crippen molar-refractivity contribution in [3.63, 3.8) is 0 Å². The van der Waals surface area contributed by atoms with Gasteiger partial charge in [-0.05, 0) is 35.6 Å². The highest BCUT2D eigenvalue weighted by Crippen LogP contribution is 2.76. The van der Waals surface area contributed by atoms with Crippen LogP contribution in [0.15, 0.2) is 24.3 Å². The Bertz CT molecular complexity index is 1510. The minimum Gasteiger partial charge on any atom is -0.387 e. The topological polar surface area (TPSA) is 222 Å². The van der Waals surface area contributed by atoms with Crippen LogP contribution in [-0.2, 0) is 24.8 Å². The second kappa shape index (κ2) is 10.4. The minimum absolute atomic E-state index is 0.0523. The molecule has 0 radical (unpaired) electrons. The summed E-state index contributed by atoms with van der Waals surface area (Å²) in [6.07, 6.45) is -4.58. The number of hydrogen-bond donors (Lipinski definition) is 6. The van der Waals surface area contributed by atoms with Crippen molar-refractivity contribution in [2.24, 2.45) is 0 Å². The molecule has 1 aliphatic carbocycles. The highest BCUT2D eigenvalue weighted by Gasteiger charge is 2.60. The molecule has 3 aromatic rings. The van der Waals surface area contributed by atoms with E-state index < -0.39 is 50.2 Å². The summed E-state index contributed by atoms with van der Waals surface area (Å²) in [5.74, 6) is 0.282. The fraction of sp³-hybridized carbons (Fsp3) is 0.474. The van der Waals surface area contributed by atoms with Crippen molar-refractivity contribution >= 4 is 67.0 Å². The first kappa shape index (κ1) is 29.1. The van der Waals surface area contributed by atoms with Crippen molar-refractivity contribution in [3.8, 4) is 0 Å². The lowest BCUT2D eigenvalue weighted by molar-refractivity contribution is -0.0551. The number of aryl methyl sites for hydroxylation is 1. The Morgan fingerprint density at radius 3 is 2.59 bits per heavy atom. The molecule has 1 aliphatic heterocycles. The van der Waals surface area contributed by atoms with Gasteiger partial charge in [-0.3, -0.25) is 9.13 Å². The van der Waals surface area contributed by atoms with E-state index in [4.69, 9.17) is 39.5 Å². The predicted molar refractivity (Wildman–Crippen MR) is 137 cm³/mol. The van der Waals surface area contributed by atoms with Gasteiger partial charge in [-0.15, -0.1) is 5.10 Å². The van der Waals surface area contributed by atoms with Gasteiger partial charge in [-0.2, -0.15) is 14.6 Å². The zero-order chi connectivity index (χ0) is 28.3. The Morgan fingerprint density at radius 1 is 1.15 bits per heavy atom. The van der Waals surface area contributed by atoms with Gasteiger partial charge >= 0.3 is 19.0 Å². The number of hydrogen-bond acceptors (Lipinski definition) is 11. The summed E-state index contributed by atoms with van der Waals surface area (Å²) in [5.41, 5.74) is 2.56. The Kier molecular flexibility index (Phi) is 7.77. The van der Waals surface area contributed by atoms with Crippen LogP contribution in [-0.4, -0.2) is 78.6 Å². The maximum atomic E-state index is 12.3. The number of fused-ring (bicyclic) bond motifs is 2. The van der Waals surface area contributed by atoms with Gasteiger partial charge in [0.2, 0.25) is 5.28 Å². The molecule has 1 fully saturated rings. The highest BCUT2D eigenvalue weighted by molar-refractivity contribution is 7.78. The molecule has 5 rings (SSSR count). The second-order valence-electron chi connectivity index (χ2n) is 8.90. The van der Waals surface area contributed by atoms with E-state index in [9.17, 15) is 34.0 Å². The molecule has 1 aromatic carbocycles. The molecule has 15 nitrogen and oxygen atoms in total. The van der Waals surface area contributed by atoms with E-state index in [1.165, 1.54) is 5.56 Å². The molecule has 2 aromatic heterocycles. The third kappa shape index (κ3) is 5.21. The Balaban J connectivity index is 1.37. The summed E-state index contributed by atoms with van der Waals surface area (Å²) in [7, 11) is -10.9. The standard InChI is InChI=1S/C19H21Cl3N6O9P2/c20-18-24-15(23-10-6-5-8-3-1-2-4-9(8)10)12-16(25-18)28(27-26-12)17-14(30)13(29)11(37-17)7-36-39(34,35)19(21,22)38(31,32)33/h1-4,10-11,13-14,17,29-30H,5-7H2,(H,34,35)(H,23,24,25)(H2,31,32,33)/t10-,11+,13+,14+,17+/m0/s1. The van der Waals surface area contributed by atoms with Crippen LogP contribution in [0.3, 0.4) is 0 Å². The number of anilines is 1. The third-order valence-electron chi connectivity index (χ3n) is 6.42. The number of alkyl halides is 2. The molecule has 0 saturated carbocycles. The van der Waals surface area contributed by atoms with Crippen molar-refractivity contribution in [1.29, 1.82) is 0 Å². The van der Waals surface area contributed by atoms with Gasteiger partial charge in [0.15, 0.2) is 23.2 Å². The molecule has 39 heavy (non-hydrogen) atoms. The lowest BCUT2D eigenvalue weighted by Gasteiger charge is -2.26. The van der Waals surface area contributed by atoms with E-state index in [1.807, 2.05) is 24.3 Å². The zero-order valence-corrected chi connectivity index (χ0v) is 23.5. The molecule has 3 heterocycles. The Hall–Kier alpha value is -1.45. The summed E-state index contributed by atoms with van der Waals surface area (Å²) in [5, 5.41) is 32.3. The van der Waals surface area contributed by atoms with E-state index >= 15 is 0 Å². The van der Waals surface area contributed by atoms with Crippen molar-refractivity contribution in [1.82, 2.24) is 25.0 Å². The maximum absolute atomic E-state index is 12.3. The normalized spacial score (nSPS) is 27.0. The van der Waals surface area contributed by atoms with Gasteiger partial charge in [-0.25, -0.2) is 0 Å². The van der Waals surface area contributed by atoms with E-state index in [0.29, 0.717) is 0 Å². The average Bonchev–Trinajstić information content (AvgIpc) is 3.54. The second-order valence-corrected chi connectivity index (χ2v) is 15.7. The van der Waals surface area contributed by atoms with E-state index in [-0.39, 0.29) is 28.3 Å². The predicted octanol–water partition coefficient (Wildman–Crippen LogP) is 2.06. The van der Waals surface area contributed by atoms with Gasteiger partial charge in [0.05, 0.1) is 12.6 Å². The molecule has 0 amide bonds. The molecule has 6 N–H and O–H groups in total. The van der Waals surface area contributed by atoms with Crippen LogP contribution in [0.25, 0.3) is 11.2 Å². The highest BCUT2D eigenvalue weighted by atomic mass is 35.5. The SMILES string of the molecule is O=P(O)(O)C(Cl)(Cl)P(=O)(O)OC[C@H]1O[C@@H](n2nnc3c(N[C@H]4CCc5ccccc54)nc(Cl)nc32)[C@H](O)[C@@H]1O. The number of benzene rings is 1. The average molecular weight is 646 g/mol. The molecule has 0 spiro atoms. The van der Waals surface area contributed by atoms with Crippen molar-refractivity contribution in [2.75, 3.05) is 11.9 Å². The number of aliphatic hydroxyl groups is 2. The van der Waals surface area contributed by atoms with Crippen LogP contribution in [0.4, 0.5) is 5.82 Å². The lowest BCUT2D eigenvalue weighted by atomic mass is 10.1. The first-order valence-electron chi connectivity index (χ1n) is 11.3. The third-order valence-corrected chi connectivity index (χ3v) is 12.6. The van der Waals surface area contributed by atoms with Crippen LogP contribution in [0.5, 0.6) is 0 Å². The smallest absolute Gasteiger partial charge is 0.376 e. The minimum atomic E-state index is -5.51. The van der Waals surface area contributed by atoms with Crippen molar-refractivity contribution in [3.05, 3.63) is 40.7 Å². The van der Waals surface area contributed by atoms with E-state index in [0.717, 1.165) is 23.1 Å². The maximum Gasteiger partial charge on any atom is 0.376 e. The monoisotopic (exact) mass is 644 g/mol. The van der Waals surface area contributed by atoms with Crippen LogP contribution >= 0.6 is 50.0 Å². The van der Waals surface area contributed by atoms with Crippen LogP contribution in [0.2, 0.25) is 5.28 Å². The molecule has 6 atom stereocenters. The summed E-state index contributed by atoms with van der Waals surface area (Å²) in [4.78, 5) is 36.7. The zero-order valence-electron chi connectivity index (χ0n) is 19.5. The summed E-state index contributed by atoms with van der Waals surface area (Å²) < 4.78 is 31.6. The number of rotatable bonds is 8. The largest absolute Gasteiger partial charge is 0.387 e. The van der Waals surface area contributed by atoms with E-state index in [1.54, 1.807) is 0 Å². The summed E-state index contributed by atoms with van der Waals surface area (Å²) >= 11 is 17.0. The van der Waals surface area contributed by atoms with Crippen LogP contribution < -0.4 is 5.32 Å². The molecule has 2 aliphatic rings. The summed E-state index contributed by atoms with van der Waals surface area (Å²) in [6, 6.07) is 7.87. The number of ether oxygens (including phenoxy) is 1. The van der Waals surface area contributed by atoms with Gasteiger partial charge in [0, 0.05) is 0 Å². The Morgan fingerprint density at radius 2 is 1.87 bits per heavy atom. The fourth-order valence-corrected chi connectivity index (χ4v) is 6.89. The molecule has 0 bridgehead atoms. The molecular weight excluding hydrogens is 625 g/mol. The number of nitrogens with one attached hydrogen (secondary N) is 1. The van der Waals surface area contributed by atoms with Gasteiger partial charge < -0.3 is 39.5 Å². The molecule has 20 heteroatoms. The van der Waals surface area contributed by atoms with Crippen LogP contribution in [0.1, 0.15) is 29.8 Å². The molecule has 1 unspecified atom stereocenters. The van der Waals surface area contributed by atoms with E-state index in [2.05, 4.69) is 30.1 Å². The number of halogens is 3. The quantitative estimate of drug-likeness (QED) is 0.117. The Labute approximate surface area is 234 Å². The first-order chi connectivity index (χ1) is 18.2. The molecular formula is C19H21Cl3N6O9P2. The lowest BCUT2D eigenvalue weighted by Crippen LogP contribution is -2.34. The van der Waals surface area contributed by atoms with Crippen LogP contribution in [0, 0.1) is 0 Å². The fourth-order valence-electron chi connectivity index (χ4n) is 4.43. The summed E-state index contributed by atoms with van der Waals surface area (Å²) in [6.45, 7) is -0.931.